The molecule has 0 saturated heterocycles. The minimum absolute atomic E-state index is 0.0873. The van der Waals surface area contributed by atoms with Gasteiger partial charge in [-0.3, -0.25) is 4.90 Å². The third-order valence-electron chi connectivity index (χ3n) is 4.86. The molecule has 1 N–H and O–H groups in total. The Kier molecular flexibility index (Phi) is 7.86. The van der Waals surface area contributed by atoms with Crippen LogP contribution in [0.3, 0.4) is 0 Å². The summed E-state index contributed by atoms with van der Waals surface area (Å²) < 4.78 is 16.0. The van der Waals surface area contributed by atoms with E-state index in [9.17, 15) is 4.79 Å². The van der Waals surface area contributed by atoms with Crippen molar-refractivity contribution in [1.29, 1.82) is 0 Å². The molecule has 0 aliphatic rings. The van der Waals surface area contributed by atoms with E-state index >= 15 is 0 Å². The van der Waals surface area contributed by atoms with Gasteiger partial charge in [0.2, 0.25) is 0 Å². The number of carboxylic acid groups (broad SMARTS) is 1. The second-order valence-electron chi connectivity index (χ2n) is 6.93. The topological polar surface area (TPSA) is 81.1 Å². The van der Waals surface area contributed by atoms with Gasteiger partial charge >= 0.3 is 5.97 Å². The molecule has 7 nitrogen and oxygen atoms in total. The number of carboxylic acids is 1. The number of carbonyl (C=O) groups is 1. The van der Waals surface area contributed by atoms with E-state index in [4.69, 9.17) is 19.3 Å². The average molecular weight is 443 g/mol. The summed E-state index contributed by atoms with van der Waals surface area (Å²) >= 11 is 1.37. The molecule has 31 heavy (non-hydrogen) atoms. The van der Waals surface area contributed by atoms with E-state index in [1.165, 1.54) is 11.3 Å². The number of nitrogens with zero attached hydrogens (tertiary/aromatic N) is 2. The van der Waals surface area contributed by atoms with E-state index in [0.29, 0.717) is 24.6 Å². The molecule has 3 aromatic rings. The van der Waals surface area contributed by atoms with Crippen LogP contribution in [0, 0.1) is 0 Å². The fourth-order valence-corrected chi connectivity index (χ4v) is 4.01. The van der Waals surface area contributed by atoms with Crippen LogP contribution in [0.2, 0.25) is 0 Å². The average Bonchev–Trinajstić information content (AvgIpc) is 3.26. The number of aromatic nitrogens is 1. The third-order valence-corrected chi connectivity index (χ3v) is 5.69. The number of benzene rings is 2. The van der Waals surface area contributed by atoms with E-state index in [-0.39, 0.29) is 5.69 Å². The third kappa shape index (κ3) is 6.19. The molecule has 0 spiro atoms. The van der Waals surface area contributed by atoms with Gasteiger partial charge in [0.15, 0.2) is 17.2 Å². The van der Waals surface area contributed by atoms with Crippen molar-refractivity contribution in [2.24, 2.45) is 0 Å². The Hall–Kier alpha value is -3.10. The first-order valence-electron chi connectivity index (χ1n) is 9.76. The number of ether oxygens (including phenoxy) is 3. The summed E-state index contributed by atoms with van der Waals surface area (Å²) in [5, 5.41) is 11.5. The van der Waals surface area contributed by atoms with Crippen molar-refractivity contribution in [1.82, 2.24) is 9.88 Å². The Morgan fingerprint density at radius 3 is 2.29 bits per heavy atom. The molecule has 0 amide bonds. The maximum atomic E-state index is 11.2. The molecular formula is C23H26N2O5S. The minimum Gasteiger partial charge on any atom is -0.497 e. The molecule has 0 aliphatic heterocycles. The van der Waals surface area contributed by atoms with Crippen LogP contribution in [-0.4, -0.2) is 48.8 Å². The van der Waals surface area contributed by atoms with Gasteiger partial charge in [0, 0.05) is 18.5 Å². The van der Waals surface area contributed by atoms with Crippen LogP contribution in [0.25, 0.3) is 0 Å². The van der Waals surface area contributed by atoms with Gasteiger partial charge < -0.3 is 19.3 Å². The van der Waals surface area contributed by atoms with E-state index in [1.54, 1.807) is 26.7 Å². The monoisotopic (exact) mass is 442 g/mol. The smallest absolute Gasteiger partial charge is 0.355 e. The maximum Gasteiger partial charge on any atom is 0.355 e. The first-order chi connectivity index (χ1) is 15.0. The molecule has 0 aliphatic carbocycles. The molecule has 0 atom stereocenters. The van der Waals surface area contributed by atoms with Crippen LogP contribution < -0.4 is 14.2 Å². The summed E-state index contributed by atoms with van der Waals surface area (Å²) in [6.07, 6.45) is 0.799. The van der Waals surface area contributed by atoms with Crippen LogP contribution in [0.1, 0.15) is 26.6 Å². The van der Waals surface area contributed by atoms with Crippen molar-refractivity contribution >= 4 is 17.3 Å². The van der Waals surface area contributed by atoms with E-state index in [1.807, 2.05) is 42.5 Å². The number of hydrogen-bond donors (Lipinski definition) is 1. The molecule has 1 heterocycles. The van der Waals surface area contributed by atoms with Crippen molar-refractivity contribution in [2.75, 3.05) is 27.9 Å². The SMILES string of the molecule is COc1ccc(CN(CCc2ccc(OC)c(OC)c2)Cc2nc(C(=O)O)cs2)cc1. The van der Waals surface area contributed by atoms with Gasteiger partial charge in [0.1, 0.15) is 10.8 Å². The second kappa shape index (κ2) is 10.8. The lowest BCUT2D eigenvalue weighted by atomic mass is 10.1. The normalized spacial score (nSPS) is 10.8. The van der Waals surface area contributed by atoms with Crippen molar-refractivity contribution in [3.05, 3.63) is 69.7 Å². The van der Waals surface area contributed by atoms with Crippen molar-refractivity contribution in [3.8, 4) is 17.2 Å². The second-order valence-corrected chi connectivity index (χ2v) is 7.87. The highest BCUT2D eigenvalue weighted by atomic mass is 32.1. The van der Waals surface area contributed by atoms with Crippen molar-refractivity contribution in [3.63, 3.8) is 0 Å². The zero-order valence-corrected chi connectivity index (χ0v) is 18.6. The molecule has 0 fully saturated rings. The van der Waals surface area contributed by atoms with E-state index in [0.717, 1.165) is 34.8 Å². The number of aromatic carboxylic acids is 1. The van der Waals surface area contributed by atoms with Crippen molar-refractivity contribution in [2.45, 2.75) is 19.5 Å². The number of methoxy groups -OCH3 is 3. The molecule has 0 radical (unpaired) electrons. The van der Waals surface area contributed by atoms with Gasteiger partial charge in [0.05, 0.1) is 27.9 Å². The molecule has 3 rings (SSSR count). The summed E-state index contributed by atoms with van der Waals surface area (Å²) in [6.45, 7) is 2.04. The number of hydrogen-bond acceptors (Lipinski definition) is 7. The maximum absolute atomic E-state index is 11.2. The lowest BCUT2D eigenvalue weighted by molar-refractivity contribution is 0.0691. The first-order valence-corrected chi connectivity index (χ1v) is 10.6. The Morgan fingerprint density at radius 1 is 0.968 bits per heavy atom. The van der Waals surface area contributed by atoms with Gasteiger partial charge in [-0.2, -0.15) is 0 Å². The van der Waals surface area contributed by atoms with Gasteiger partial charge in [0.25, 0.3) is 0 Å². The summed E-state index contributed by atoms with van der Waals surface area (Å²) in [5.74, 6) is 1.21. The minimum atomic E-state index is -1.01. The molecule has 1 aromatic heterocycles. The predicted molar refractivity (Wildman–Crippen MR) is 119 cm³/mol. The standard InChI is InChI=1S/C23H26N2O5S/c1-28-18-7-4-17(5-8-18)13-25(14-22-24-19(15-31-22)23(26)27)11-10-16-6-9-20(29-2)21(12-16)30-3/h4-9,12,15H,10-11,13-14H2,1-3H3,(H,26,27). The Bertz CT molecular complexity index is 1000. The number of thiazole rings is 1. The van der Waals surface area contributed by atoms with Crippen LogP contribution in [0.5, 0.6) is 17.2 Å². The van der Waals surface area contributed by atoms with Gasteiger partial charge in [-0.25, -0.2) is 9.78 Å². The number of rotatable bonds is 11. The summed E-state index contributed by atoms with van der Waals surface area (Å²) in [6, 6.07) is 13.9. The molecule has 0 unspecified atom stereocenters. The van der Waals surface area contributed by atoms with Crippen molar-refractivity contribution < 1.29 is 24.1 Å². The van der Waals surface area contributed by atoms with Crippen LogP contribution >= 0.6 is 11.3 Å². The Morgan fingerprint density at radius 2 is 1.68 bits per heavy atom. The van der Waals surface area contributed by atoms with Crippen LogP contribution in [0.15, 0.2) is 47.8 Å². The van der Waals surface area contributed by atoms with Gasteiger partial charge in [-0.15, -0.1) is 11.3 Å². The predicted octanol–water partition coefficient (Wildman–Crippen LogP) is 4.11. The zero-order valence-electron chi connectivity index (χ0n) is 17.8. The zero-order chi connectivity index (χ0) is 22.2. The lowest BCUT2D eigenvalue weighted by Gasteiger charge is -2.22. The van der Waals surface area contributed by atoms with Gasteiger partial charge in [-0.1, -0.05) is 18.2 Å². The Balaban J connectivity index is 1.74. The highest BCUT2D eigenvalue weighted by Gasteiger charge is 2.14. The summed E-state index contributed by atoms with van der Waals surface area (Å²) in [7, 11) is 4.89. The fourth-order valence-electron chi connectivity index (χ4n) is 3.20. The highest BCUT2D eigenvalue weighted by molar-refractivity contribution is 7.09. The molecule has 2 aromatic carbocycles. The summed E-state index contributed by atoms with van der Waals surface area (Å²) in [5.41, 5.74) is 2.36. The van der Waals surface area contributed by atoms with E-state index in [2.05, 4.69) is 9.88 Å². The molecular weight excluding hydrogens is 416 g/mol. The van der Waals surface area contributed by atoms with Crippen LogP contribution in [0.4, 0.5) is 0 Å². The molecule has 164 valence electrons. The molecule has 0 saturated carbocycles. The molecule has 8 heteroatoms. The summed E-state index contributed by atoms with van der Waals surface area (Å²) in [4.78, 5) is 17.7. The highest BCUT2D eigenvalue weighted by Crippen LogP contribution is 2.28. The first kappa shape index (κ1) is 22.6. The fraction of sp³-hybridized carbons (Fsp3) is 0.304. The van der Waals surface area contributed by atoms with Crippen LogP contribution in [-0.2, 0) is 19.5 Å². The quantitative estimate of drug-likeness (QED) is 0.479. The molecule has 0 bridgehead atoms. The van der Waals surface area contributed by atoms with E-state index < -0.39 is 5.97 Å². The van der Waals surface area contributed by atoms with Gasteiger partial charge in [-0.05, 0) is 41.8 Å². The largest absolute Gasteiger partial charge is 0.497 e. The Labute approximate surface area is 185 Å². The lowest BCUT2D eigenvalue weighted by Crippen LogP contribution is -2.25.